The highest BCUT2D eigenvalue weighted by Crippen LogP contribution is 2.41. The minimum atomic E-state index is 0.443. The zero-order valence-corrected chi connectivity index (χ0v) is 9.02. The number of benzene rings is 1. The van der Waals surface area contributed by atoms with Crippen LogP contribution in [-0.2, 0) is 0 Å². The fourth-order valence-electron chi connectivity index (χ4n) is 2.21. The van der Waals surface area contributed by atoms with Crippen molar-refractivity contribution in [3.63, 3.8) is 0 Å². The molecule has 0 saturated heterocycles. The molecule has 0 radical (unpaired) electrons. The summed E-state index contributed by atoms with van der Waals surface area (Å²) in [6, 6.07) is 10.1. The summed E-state index contributed by atoms with van der Waals surface area (Å²) in [5, 5.41) is 3.74. The third-order valence-electron chi connectivity index (χ3n) is 3.30. The second-order valence-electron chi connectivity index (χ2n) is 4.33. The van der Waals surface area contributed by atoms with Gasteiger partial charge in [-0.3, -0.25) is 0 Å². The molecule has 0 unspecified atom stereocenters. The molecule has 1 heterocycles. The third kappa shape index (κ3) is 1.48. The van der Waals surface area contributed by atoms with Gasteiger partial charge in [-0.05, 0) is 24.3 Å². The summed E-state index contributed by atoms with van der Waals surface area (Å²) >= 11 is 0. The molecule has 1 aromatic carbocycles. The fraction of sp³-hybridized carbons (Fsp3) is 0.308. The monoisotopic (exact) mass is 214 g/mol. The summed E-state index contributed by atoms with van der Waals surface area (Å²) in [6.07, 6.45) is 3.89. The zero-order chi connectivity index (χ0) is 11.0. The van der Waals surface area contributed by atoms with E-state index in [1.54, 1.807) is 6.07 Å². The van der Waals surface area contributed by atoms with Gasteiger partial charge in [0, 0.05) is 11.6 Å². The van der Waals surface area contributed by atoms with Crippen molar-refractivity contribution in [1.82, 2.24) is 5.16 Å². The Bertz CT molecular complexity index is 500. The highest BCUT2D eigenvalue weighted by molar-refractivity contribution is 5.65. The molecule has 1 saturated carbocycles. The Balaban J connectivity index is 2.05. The molecule has 3 nitrogen and oxygen atoms in total. The number of nitrogens with two attached hydrogens (primary N) is 1. The summed E-state index contributed by atoms with van der Waals surface area (Å²) in [5.74, 6) is 1.90. The first-order valence-corrected chi connectivity index (χ1v) is 5.66. The van der Waals surface area contributed by atoms with Gasteiger partial charge in [0.25, 0.3) is 0 Å². The number of nitrogen functional groups attached to an aromatic ring is 1. The Labute approximate surface area is 94.2 Å². The van der Waals surface area contributed by atoms with Crippen LogP contribution in [0.4, 0.5) is 5.82 Å². The second kappa shape index (κ2) is 3.67. The Hall–Kier alpha value is -1.77. The van der Waals surface area contributed by atoms with Crippen molar-refractivity contribution >= 4 is 5.82 Å². The van der Waals surface area contributed by atoms with Gasteiger partial charge in [0.2, 0.25) is 0 Å². The van der Waals surface area contributed by atoms with Crippen LogP contribution in [0.5, 0.6) is 0 Å². The standard InChI is InChI=1S/C13H14N2O/c14-13-8-12(16-15-13)11-7-2-1-6-10(11)9-4-3-5-9/h1-2,6-9H,3-5H2,(H2,14,15). The molecular formula is C13H14N2O. The molecule has 3 rings (SSSR count). The van der Waals surface area contributed by atoms with E-state index in [1.165, 1.54) is 24.8 Å². The number of anilines is 1. The Morgan fingerprint density at radius 1 is 1.25 bits per heavy atom. The van der Waals surface area contributed by atoms with E-state index in [4.69, 9.17) is 10.3 Å². The van der Waals surface area contributed by atoms with Crippen LogP contribution in [0.25, 0.3) is 11.3 Å². The van der Waals surface area contributed by atoms with E-state index >= 15 is 0 Å². The highest BCUT2D eigenvalue weighted by Gasteiger charge is 2.23. The number of hydrogen-bond acceptors (Lipinski definition) is 3. The van der Waals surface area contributed by atoms with Crippen LogP contribution in [0, 0.1) is 0 Å². The summed E-state index contributed by atoms with van der Waals surface area (Å²) in [5.41, 5.74) is 8.08. The molecule has 0 atom stereocenters. The molecule has 0 amide bonds. The topological polar surface area (TPSA) is 52.0 Å². The van der Waals surface area contributed by atoms with Gasteiger partial charge < -0.3 is 10.3 Å². The lowest BCUT2D eigenvalue weighted by Crippen LogP contribution is -2.09. The predicted octanol–water partition coefficient (Wildman–Crippen LogP) is 3.19. The van der Waals surface area contributed by atoms with Gasteiger partial charge in [-0.1, -0.05) is 35.8 Å². The first-order valence-electron chi connectivity index (χ1n) is 5.66. The van der Waals surface area contributed by atoms with Gasteiger partial charge in [0.1, 0.15) is 0 Å². The summed E-state index contributed by atoms with van der Waals surface area (Å²) in [4.78, 5) is 0. The van der Waals surface area contributed by atoms with Crippen LogP contribution in [0.3, 0.4) is 0 Å². The van der Waals surface area contributed by atoms with Gasteiger partial charge in [0.05, 0.1) is 0 Å². The van der Waals surface area contributed by atoms with Gasteiger partial charge in [-0.15, -0.1) is 0 Å². The zero-order valence-electron chi connectivity index (χ0n) is 9.02. The fourth-order valence-corrected chi connectivity index (χ4v) is 2.21. The van der Waals surface area contributed by atoms with E-state index in [1.807, 2.05) is 6.07 Å². The van der Waals surface area contributed by atoms with Crippen LogP contribution in [-0.4, -0.2) is 5.16 Å². The van der Waals surface area contributed by atoms with Crippen molar-refractivity contribution in [2.45, 2.75) is 25.2 Å². The molecule has 0 aliphatic heterocycles. The van der Waals surface area contributed by atoms with Crippen molar-refractivity contribution in [2.75, 3.05) is 5.73 Å². The molecule has 0 spiro atoms. The molecule has 1 aliphatic rings. The SMILES string of the molecule is Nc1cc(-c2ccccc2C2CCC2)on1. The van der Waals surface area contributed by atoms with Crippen LogP contribution in [0.2, 0.25) is 0 Å². The van der Waals surface area contributed by atoms with Crippen LogP contribution in [0.15, 0.2) is 34.9 Å². The largest absolute Gasteiger partial charge is 0.381 e. The number of nitrogens with zero attached hydrogens (tertiary/aromatic N) is 1. The Morgan fingerprint density at radius 3 is 2.69 bits per heavy atom. The predicted molar refractivity (Wildman–Crippen MR) is 62.9 cm³/mol. The van der Waals surface area contributed by atoms with Crippen LogP contribution in [0.1, 0.15) is 30.7 Å². The molecule has 82 valence electrons. The summed E-state index contributed by atoms with van der Waals surface area (Å²) in [6.45, 7) is 0. The smallest absolute Gasteiger partial charge is 0.169 e. The third-order valence-corrected chi connectivity index (χ3v) is 3.30. The maximum Gasteiger partial charge on any atom is 0.169 e. The van der Waals surface area contributed by atoms with Gasteiger partial charge in [-0.2, -0.15) is 0 Å². The molecule has 2 aromatic rings. The van der Waals surface area contributed by atoms with Crippen molar-refractivity contribution in [3.8, 4) is 11.3 Å². The average Bonchev–Trinajstić information content (AvgIpc) is 2.63. The molecule has 1 aliphatic carbocycles. The molecule has 3 heteroatoms. The normalized spacial score (nSPS) is 16.0. The molecule has 0 bridgehead atoms. The van der Waals surface area contributed by atoms with Crippen molar-refractivity contribution in [2.24, 2.45) is 0 Å². The van der Waals surface area contributed by atoms with Gasteiger partial charge >= 0.3 is 0 Å². The lowest BCUT2D eigenvalue weighted by atomic mass is 9.78. The van der Waals surface area contributed by atoms with E-state index in [2.05, 4.69) is 23.4 Å². The van der Waals surface area contributed by atoms with Crippen LogP contribution >= 0.6 is 0 Å². The lowest BCUT2D eigenvalue weighted by molar-refractivity contribution is 0.414. The minimum Gasteiger partial charge on any atom is -0.381 e. The highest BCUT2D eigenvalue weighted by atomic mass is 16.5. The van der Waals surface area contributed by atoms with Crippen LogP contribution < -0.4 is 5.73 Å². The Kier molecular flexibility index (Phi) is 2.17. The maximum atomic E-state index is 5.58. The van der Waals surface area contributed by atoms with E-state index in [-0.39, 0.29) is 0 Å². The summed E-state index contributed by atoms with van der Waals surface area (Å²) in [7, 11) is 0. The minimum absolute atomic E-state index is 0.443. The van der Waals surface area contributed by atoms with Crippen molar-refractivity contribution < 1.29 is 4.52 Å². The average molecular weight is 214 g/mol. The first kappa shape index (κ1) is 9.46. The van der Waals surface area contributed by atoms with E-state index in [9.17, 15) is 0 Å². The molecule has 1 aromatic heterocycles. The molecule has 2 N–H and O–H groups in total. The molecule has 16 heavy (non-hydrogen) atoms. The Morgan fingerprint density at radius 2 is 2.06 bits per heavy atom. The number of hydrogen-bond donors (Lipinski definition) is 1. The molecule has 1 fully saturated rings. The van der Waals surface area contributed by atoms with E-state index < -0.39 is 0 Å². The van der Waals surface area contributed by atoms with Crippen molar-refractivity contribution in [3.05, 3.63) is 35.9 Å². The maximum absolute atomic E-state index is 5.58. The lowest BCUT2D eigenvalue weighted by Gasteiger charge is -2.27. The van der Waals surface area contributed by atoms with Gasteiger partial charge in [-0.25, -0.2) is 0 Å². The first-order chi connectivity index (χ1) is 7.84. The van der Waals surface area contributed by atoms with E-state index in [0.29, 0.717) is 11.7 Å². The van der Waals surface area contributed by atoms with Crippen molar-refractivity contribution in [1.29, 1.82) is 0 Å². The number of aromatic nitrogens is 1. The summed E-state index contributed by atoms with van der Waals surface area (Å²) < 4.78 is 5.23. The van der Waals surface area contributed by atoms with E-state index in [0.717, 1.165) is 11.3 Å². The second-order valence-corrected chi connectivity index (χ2v) is 4.33. The van der Waals surface area contributed by atoms with Gasteiger partial charge in [0.15, 0.2) is 11.6 Å². The number of rotatable bonds is 2. The molecular weight excluding hydrogens is 200 g/mol. The quantitative estimate of drug-likeness (QED) is 0.835.